The Morgan fingerprint density at radius 2 is 1.85 bits per heavy atom. The number of unbranched alkanes of at least 4 members (excludes halogenated alkanes) is 2. The van der Waals surface area contributed by atoms with Crippen LogP contribution in [-0.2, 0) is 14.3 Å². The van der Waals surface area contributed by atoms with Crippen molar-refractivity contribution in [2.45, 2.75) is 59.1 Å². The van der Waals surface area contributed by atoms with E-state index in [0.29, 0.717) is 22.2 Å². The van der Waals surface area contributed by atoms with Crippen molar-refractivity contribution < 1.29 is 19.1 Å². The predicted octanol–water partition coefficient (Wildman–Crippen LogP) is 5.22. The summed E-state index contributed by atoms with van der Waals surface area (Å²) < 4.78 is 5.11. The van der Waals surface area contributed by atoms with E-state index in [0.717, 1.165) is 30.5 Å². The summed E-state index contributed by atoms with van der Waals surface area (Å²) >= 11 is 2.46. The number of aryl methyl sites for hydroxylation is 2. The first-order valence-corrected chi connectivity index (χ1v) is 13.1. The molecule has 1 aromatic heterocycles. The van der Waals surface area contributed by atoms with Crippen molar-refractivity contribution >= 4 is 51.7 Å². The molecule has 33 heavy (non-hydrogen) atoms. The van der Waals surface area contributed by atoms with Crippen molar-refractivity contribution in [3.63, 3.8) is 0 Å². The van der Waals surface area contributed by atoms with E-state index in [1.807, 2.05) is 31.2 Å². The number of anilines is 2. The molecule has 0 radical (unpaired) electrons. The molecule has 2 amide bonds. The number of carbonyl (C=O) groups is 3. The summed E-state index contributed by atoms with van der Waals surface area (Å²) in [5.41, 5.74) is 2.41. The Morgan fingerprint density at radius 3 is 2.48 bits per heavy atom. The zero-order valence-corrected chi connectivity index (χ0v) is 21.6. The van der Waals surface area contributed by atoms with Crippen molar-refractivity contribution in [2.75, 3.05) is 29.1 Å². The highest BCUT2D eigenvalue weighted by Gasteiger charge is 2.27. The molecule has 180 valence electrons. The summed E-state index contributed by atoms with van der Waals surface area (Å²) in [5, 5.41) is 2.91. The Morgan fingerprint density at radius 1 is 1.15 bits per heavy atom. The van der Waals surface area contributed by atoms with Gasteiger partial charge < -0.3 is 10.1 Å². The minimum Gasteiger partial charge on any atom is -0.462 e. The maximum atomic E-state index is 13.3. The van der Waals surface area contributed by atoms with Gasteiger partial charge in [0.15, 0.2) is 5.13 Å². The number of thiazole rings is 1. The fourth-order valence-electron chi connectivity index (χ4n) is 3.03. The summed E-state index contributed by atoms with van der Waals surface area (Å²) in [6, 6.07) is 7.58. The van der Waals surface area contributed by atoms with Gasteiger partial charge in [-0.15, -0.1) is 11.8 Å². The van der Waals surface area contributed by atoms with E-state index in [1.54, 1.807) is 25.7 Å². The van der Waals surface area contributed by atoms with E-state index in [4.69, 9.17) is 4.74 Å². The van der Waals surface area contributed by atoms with E-state index in [1.165, 1.54) is 23.1 Å². The van der Waals surface area contributed by atoms with Crippen molar-refractivity contribution in [3.8, 4) is 0 Å². The van der Waals surface area contributed by atoms with E-state index >= 15 is 0 Å². The van der Waals surface area contributed by atoms with Crippen molar-refractivity contribution in [1.82, 2.24) is 4.98 Å². The third kappa shape index (κ3) is 8.16. The van der Waals surface area contributed by atoms with Crippen LogP contribution < -0.4 is 10.2 Å². The summed E-state index contributed by atoms with van der Waals surface area (Å²) in [6.45, 7) is 10.2. The molecule has 7 nitrogen and oxygen atoms in total. The number of nitrogens with one attached hydrogen (secondary N) is 1. The molecule has 1 heterocycles. The molecule has 9 heteroatoms. The van der Waals surface area contributed by atoms with Crippen molar-refractivity contribution in [3.05, 3.63) is 40.4 Å². The van der Waals surface area contributed by atoms with E-state index in [-0.39, 0.29) is 24.2 Å². The van der Waals surface area contributed by atoms with E-state index in [9.17, 15) is 14.4 Å². The molecule has 0 aliphatic carbocycles. The molecule has 0 bridgehead atoms. The summed E-state index contributed by atoms with van der Waals surface area (Å²) in [6.07, 6.45) is 2.84. The number of thioether (sulfide) groups is 1. The Kier molecular flexibility index (Phi) is 10.9. The lowest BCUT2D eigenvalue weighted by Gasteiger charge is -2.23. The van der Waals surface area contributed by atoms with Crippen molar-refractivity contribution in [1.29, 1.82) is 0 Å². The van der Waals surface area contributed by atoms with Gasteiger partial charge in [0.2, 0.25) is 11.8 Å². The van der Waals surface area contributed by atoms with Gasteiger partial charge >= 0.3 is 5.97 Å². The number of rotatable bonds is 12. The predicted molar refractivity (Wildman–Crippen MR) is 136 cm³/mol. The molecular weight excluding hydrogens is 458 g/mol. The minimum atomic E-state index is -0.439. The summed E-state index contributed by atoms with van der Waals surface area (Å²) in [7, 11) is 0. The van der Waals surface area contributed by atoms with Crippen LogP contribution in [0.1, 0.15) is 61.0 Å². The molecule has 0 aliphatic rings. The SMILES string of the molecule is CCCCCN(C(=O)C(C)SCC(=O)Nc1ccc(C)cc1)c1nc(C)c(C(=O)OCC)s1. The van der Waals surface area contributed by atoms with E-state index < -0.39 is 11.2 Å². The molecule has 0 saturated carbocycles. The van der Waals surface area contributed by atoms with Gasteiger partial charge in [-0.3, -0.25) is 14.5 Å². The van der Waals surface area contributed by atoms with E-state index in [2.05, 4.69) is 17.2 Å². The zero-order chi connectivity index (χ0) is 24.4. The quantitative estimate of drug-likeness (QED) is 0.323. The lowest BCUT2D eigenvalue weighted by Crippen LogP contribution is -2.38. The van der Waals surface area contributed by atoms with Gasteiger partial charge in [0.25, 0.3) is 0 Å². The molecule has 2 rings (SSSR count). The average molecular weight is 492 g/mol. The lowest BCUT2D eigenvalue weighted by molar-refractivity contribution is -0.117. The Bertz CT molecular complexity index is 944. The maximum Gasteiger partial charge on any atom is 0.350 e. The third-order valence-electron chi connectivity index (χ3n) is 4.88. The second-order valence-electron chi connectivity index (χ2n) is 7.70. The van der Waals surface area contributed by atoms with Crippen LogP contribution >= 0.6 is 23.1 Å². The fourth-order valence-corrected chi connectivity index (χ4v) is 4.76. The molecule has 0 aliphatic heterocycles. The summed E-state index contributed by atoms with van der Waals surface area (Å²) in [5.74, 6) is -0.539. The number of benzene rings is 1. The molecule has 0 saturated heterocycles. The second kappa shape index (κ2) is 13.3. The first-order chi connectivity index (χ1) is 15.8. The van der Waals surface area contributed by atoms with Gasteiger partial charge in [-0.05, 0) is 46.2 Å². The highest BCUT2D eigenvalue weighted by molar-refractivity contribution is 8.01. The number of esters is 1. The largest absolute Gasteiger partial charge is 0.462 e. The van der Waals surface area contributed by atoms with Crippen molar-refractivity contribution in [2.24, 2.45) is 0 Å². The molecule has 1 unspecified atom stereocenters. The fraction of sp³-hybridized carbons (Fsp3) is 0.500. The molecule has 1 atom stereocenters. The lowest BCUT2D eigenvalue weighted by atomic mass is 10.2. The number of hydrogen-bond donors (Lipinski definition) is 1. The highest BCUT2D eigenvalue weighted by Crippen LogP contribution is 2.29. The highest BCUT2D eigenvalue weighted by atomic mass is 32.2. The molecule has 1 aromatic carbocycles. The monoisotopic (exact) mass is 491 g/mol. The normalized spacial score (nSPS) is 11.7. The van der Waals surface area contributed by atoms with Crippen LogP contribution in [-0.4, -0.2) is 46.9 Å². The smallest absolute Gasteiger partial charge is 0.350 e. The number of carbonyl (C=O) groups excluding carboxylic acids is 3. The standard InChI is InChI=1S/C24H33N3O4S2/c1-6-8-9-14-27(24-25-17(4)21(33-24)23(30)31-7-2)22(29)18(5)32-15-20(28)26-19-12-10-16(3)11-13-19/h10-13,18H,6-9,14-15H2,1-5H3,(H,26,28). The molecule has 1 N–H and O–H groups in total. The number of aromatic nitrogens is 1. The van der Waals surface area contributed by atoms with Crippen LogP contribution in [0.4, 0.5) is 10.8 Å². The molecule has 0 spiro atoms. The number of hydrogen-bond acceptors (Lipinski definition) is 7. The van der Waals surface area contributed by atoms with Gasteiger partial charge in [0, 0.05) is 12.2 Å². The van der Waals surface area contributed by atoms with Gasteiger partial charge in [-0.2, -0.15) is 0 Å². The molecule has 0 fully saturated rings. The first kappa shape index (κ1) is 26.9. The minimum absolute atomic E-state index is 0.122. The topological polar surface area (TPSA) is 88.6 Å². The average Bonchev–Trinajstić information content (AvgIpc) is 3.17. The zero-order valence-electron chi connectivity index (χ0n) is 20.0. The second-order valence-corrected chi connectivity index (χ2v) is 10.0. The van der Waals surface area contributed by atoms with Gasteiger partial charge in [0.1, 0.15) is 4.88 Å². The van der Waals surface area contributed by atoms with Gasteiger partial charge in [0.05, 0.1) is 23.3 Å². The number of nitrogens with zero attached hydrogens (tertiary/aromatic N) is 2. The molecule has 2 aromatic rings. The Labute approximate surface area is 204 Å². The van der Waals surface area contributed by atoms with Crippen LogP contribution in [0.25, 0.3) is 0 Å². The van der Waals surface area contributed by atoms with Crippen LogP contribution in [0.2, 0.25) is 0 Å². The number of amides is 2. The number of ether oxygens (including phenoxy) is 1. The first-order valence-electron chi connectivity index (χ1n) is 11.2. The summed E-state index contributed by atoms with van der Waals surface area (Å²) in [4.78, 5) is 44.4. The van der Waals surface area contributed by atoms with Crippen LogP contribution in [0.3, 0.4) is 0 Å². The Balaban J connectivity index is 2.06. The third-order valence-corrected chi connectivity index (χ3v) is 7.17. The Hall–Kier alpha value is -2.39. The van der Waals surface area contributed by atoms with Crippen LogP contribution in [0.15, 0.2) is 24.3 Å². The van der Waals surface area contributed by atoms with Gasteiger partial charge in [-0.1, -0.05) is 48.8 Å². The van der Waals surface area contributed by atoms with Crippen LogP contribution in [0, 0.1) is 13.8 Å². The maximum absolute atomic E-state index is 13.3. The van der Waals surface area contributed by atoms with Crippen LogP contribution in [0.5, 0.6) is 0 Å². The molecular formula is C24H33N3O4S2. The van der Waals surface area contributed by atoms with Gasteiger partial charge in [-0.25, -0.2) is 9.78 Å².